The fraction of sp³-hybridized carbons (Fsp3) is 0. The van der Waals surface area contributed by atoms with Crippen molar-refractivity contribution in [1.29, 1.82) is 5.26 Å². The summed E-state index contributed by atoms with van der Waals surface area (Å²) in [4.78, 5) is 12.5. The third-order valence-electron chi connectivity index (χ3n) is 3.70. The summed E-state index contributed by atoms with van der Waals surface area (Å²) in [6, 6.07) is 26.0. The van der Waals surface area contributed by atoms with Crippen LogP contribution < -0.4 is 0 Å². The van der Waals surface area contributed by atoms with Gasteiger partial charge in [0, 0.05) is 21.9 Å². The highest BCUT2D eigenvalue weighted by atomic mass is 32.2. The van der Waals surface area contributed by atoms with E-state index < -0.39 is 4.92 Å². The van der Waals surface area contributed by atoms with E-state index in [0.717, 1.165) is 15.4 Å². The Kier molecular flexibility index (Phi) is 5.47. The molecule has 0 aliphatic rings. The van der Waals surface area contributed by atoms with Crippen LogP contribution in [0.1, 0.15) is 11.1 Å². The molecule has 0 saturated heterocycles. The highest BCUT2D eigenvalue weighted by Crippen LogP contribution is 2.32. The van der Waals surface area contributed by atoms with E-state index in [1.165, 1.54) is 12.1 Å². The van der Waals surface area contributed by atoms with Crippen LogP contribution in [-0.2, 0) is 0 Å². The van der Waals surface area contributed by atoms with E-state index in [2.05, 4.69) is 6.07 Å². The number of nitriles is 1. The molecule has 0 saturated carbocycles. The van der Waals surface area contributed by atoms with Crippen LogP contribution >= 0.6 is 11.8 Å². The summed E-state index contributed by atoms with van der Waals surface area (Å²) >= 11 is 1.62. The lowest BCUT2D eigenvalue weighted by Crippen LogP contribution is -1.89. The minimum Gasteiger partial charge on any atom is -0.258 e. The molecule has 0 aliphatic heterocycles. The van der Waals surface area contributed by atoms with E-state index in [0.29, 0.717) is 11.1 Å². The smallest absolute Gasteiger partial charge is 0.258 e. The molecule has 126 valence electrons. The van der Waals surface area contributed by atoms with Gasteiger partial charge in [0.05, 0.1) is 16.6 Å². The van der Waals surface area contributed by atoms with Crippen LogP contribution in [0.25, 0.3) is 11.6 Å². The zero-order chi connectivity index (χ0) is 18.4. The van der Waals surface area contributed by atoms with E-state index in [1.807, 2.05) is 60.7 Å². The Morgan fingerprint density at radius 1 is 0.962 bits per heavy atom. The fourth-order valence-corrected chi connectivity index (χ4v) is 3.35. The molecule has 0 unspecified atom stereocenters. The highest BCUT2D eigenvalue weighted by molar-refractivity contribution is 7.99. The first-order chi connectivity index (χ1) is 12.7. The Balaban J connectivity index is 1.95. The Bertz CT molecular complexity index is 991. The summed E-state index contributed by atoms with van der Waals surface area (Å²) in [5, 5.41) is 20.3. The van der Waals surface area contributed by atoms with Crippen molar-refractivity contribution < 1.29 is 4.92 Å². The number of allylic oxidation sites excluding steroid dienone is 1. The number of nitro benzene ring substituents is 1. The molecule has 3 aromatic rings. The number of hydrogen-bond acceptors (Lipinski definition) is 4. The zero-order valence-electron chi connectivity index (χ0n) is 13.7. The van der Waals surface area contributed by atoms with Crippen LogP contribution in [0.4, 0.5) is 5.69 Å². The SMILES string of the molecule is N#CC(=Cc1ccccc1Sc1ccccc1)c1ccc([N+](=O)[O-])cc1. The average Bonchev–Trinajstić information content (AvgIpc) is 2.68. The fourth-order valence-electron chi connectivity index (χ4n) is 2.41. The van der Waals surface area contributed by atoms with Gasteiger partial charge in [0.25, 0.3) is 5.69 Å². The van der Waals surface area contributed by atoms with Crippen molar-refractivity contribution in [3.05, 3.63) is 100 Å². The first-order valence-corrected chi connectivity index (χ1v) is 8.67. The van der Waals surface area contributed by atoms with Crippen LogP contribution in [0, 0.1) is 21.4 Å². The minimum atomic E-state index is -0.453. The molecule has 4 nitrogen and oxygen atoms in total. The lowest BCUT2D eigenvalue weighted by molar-refractivity contribution is -0.384. The van der Waals surface area contributed by atoms with Crippen LogP contribution in [0.5, 0.6) is 0 Å². The molecule has 0 fully saturated rings. The largest absolute Gasteiger partial charge is 0.269 e. The van der Waals surface area contributed by atoms with Gasteiger partial charge >= 0.3 is 0 Å². The molecule has 0 amide bonds. The molecule has 3 rings (SSSR count). The predicted octanol–water partition coefficient (Wildman–Crippen LogP) is 5.81. The molecular weight excluding hydrogens is 344 g/mol. The van der Waals surface area contributed by atoms with Gasteiger partial charge in [-0.2, -0.15) is 5.26 Å². The van der Waals surface area contributed by atoms with Crippen LogP contribution in [-0.4, -0.2) is 4.92 Å². The number of rotatable bonds is 5. The Morgan fingerprint density at radius 2 is 1.62 bits per heavy atom. The monoisotopic (exact) mass is 358 g/mol. The van der Waals surface area contributed by atoms with Gasteiger partial charge in [0.1, 0.15) is 0 Å². The number of nitro groups is 1. The molecule has 0 radical (unpaired) electrons. The molecule has 0 atom stereocenters. The van der Waals surface area contributed by atoms with Crippen molar-refractivity contribution in [3.63, 3.8) is 0 Å². The standard InChI is InChI=1S/C21H14N2O2S/c22-15-18(16-10-12-19(13-11-16)23(24)25)14-17-6-4-5-9-21(17)26-20-7-2-1-3-8-20/h1-14H. The zero-order valence-corrected chi connectivity index (χ0v) is 14.5. The summed E-state index contributed by atoms with van der Waals surface area (Å²) in [6.45, 7) is 0. The van der Waals surface area contributed by atoms with Crippen LogP contribution in [0.3, 0.4) is 0 Å². The first-order valence-electron chi connectivity index (χ1n) is 7.86. The van der Waals surface area contributed by atoms with Crippen molar-refractivity contribution in [3.8, 4) is 6.07 Å². The van der Waals surface area contributed by atoms with E-state index in [-0.39, 0.29) is 5.69 Å². The number of hydrogen-bond donors (Lipinski definition) is 0. The Morgan fingerprint density at radius 3 is 2.27 bits per heavy atom. The topological polar surface area (TPSA) is 66.9 Å². The molecule has 0 heterocycles. The number of non-ortho nitro benzene ring substituents is 1. The molecule has 0 spiro atoms. The molecule has 5 heteroatoms. The minimum absolute atomic E-state index is 0.00562. The average molecular weight is 358 g/mol. The Hall–Kier alpha value is -3.36. The van der Waals surface area contributed by atoms with E-state index in [4.69, 9.17) is 0 Å². The van der Waals surface area contributed by atoms with Gasteiger partial charge in [-0.25, -0.2) is 0 Å². The molecule has 0 bridgehead atoms. The van der Waals surface area contributed by atoms with Gasteiger partial charge < -0.3 is 0 Å². The normalized spacial score (nSPS) is 11.0. The van der Waals surface area contributed by atoms with E-state index in [1.54, 1.807) is 23.9 Å². The van der Waals surface area contributed by atoms with Crippen molar-refractivity contribution in [2.45, 2.75) is 9.79 Å². The maximum Gasteiger partial charge on any atom is 0.269 e. The van der Waals surface area contributed by atoms with Gasteiger partial charge in [-0.3, -0.25) is 10.1 Å². The second kappa shape index (κ2) is 8.15. The summed E-state index contributed by atoms with van der Waals surface area (Å²) < 4.78 is 0. The van der Waals surface area contributed by atoms with Crippen molar-refractivity contribution in [1.82, 2.24) is 0 Å². The van der Waals surface area contributed by atoms with Gasteiger partial charge in [-0.15, -0.1) is 0 Å². The van der Waals surface area contributed by atoms with Crippen molar-refractivity contribution in [2.75, 3.05) is 0 Å². The van der Waals surface area contributed by atoms with Crippen molar-refractivity contribution >= 4 is 29.1 Å². The quantitative estimate of drug-likeness (QED) is 0.250. The summed E-state index contributed by atoms with van der Waals surface area (Å²) in [5.41, 5.74) is 2.04. The molecular formula is C21H14N2O2S. The molecule has 0 aliphatic carbocycles. The predicted molar refractivity (Wildman–Crippen MR) is 104 cm³/mol. The Labute approximate surface area is 155 Å². The van der Waals surface area contributed by atoms with Crippen LogP contribution in [0.15, 0.2) is 88.7 Å². The van der Waals surface area contributed by atoms with Crippen LogP contribution in [0.2, 0.25) is 0 Å². The third kappa shape index (κ3) is 4.18. The summed E-state index contributed by atoms with van der Waals surface area (Å²) in [6.07, 6.45) is 1.81. The van der Waals surface area contributed by atoms with Crippen molar-refractivity contribution in [2.24, 2.45) is 0 Å². The second-order valence-corrected chi connectivity index (χ2v) is 6.54. The third-order valence-corrected chi connectivity index (χ3v) is 4.80. The highest BCUT2D eigenvalue weighted by Gasteiger charge is 2.08. The number of benzene rings is 3. The molecule has 0 aromatic heterocycles. The lowest BCUT2D eigenvalue weighted by atomic mass is 10.0. The van der Waals surface area contributed by atoms with Gasteiger partial charge in [0.2, 0.25) is 0 Å². The van der Waals surface area contributed by atoms with Gasteiger partial charge in [-0.05, 0) is 47.5 Å². The number of nitrogens with zero attached hydrogens (tertiary/aromatic N) is 2. The van der Waals surface area contributed by atoms with Gasteiger partial charge in [0.15, 0.2) is 0 Å². The summed E-state index contributed by atoms with van der Waals surface area (Å²) in [7, 11) is 0. The molecule has 0 N–H and O–H groups in total. The van der Waals surface area contributed by atoms with Gasteiger partial charge in [-0.1, -0.05) is 48.2 Å². The molecule has 3 aromatic carbocycles. The maximum atomic E-state index is 10.8. The first kappa shape index (κ1) is 17.5. The lowest BCUT2D eigenvalue weighted by Gasteiger charge is -2.07. The van der Waals surface area contributed by atoms with E-state index >= 15 is 0 Å². The second-order valence-electron chi connectivity index (χ2n) is 5.43. The molecule has 26 heavy (non-hydrogen) atoms. The summed E-state index contributed by atoms with van der Waals surface area (Å²) in [5.74, 6) is 0. The maximum absolute atomic E-state index is 10.8. The van der Waals surface area contributed by atoms with E-state index in [9.17, 15) is 15.4 Å².